The highest BCUT2D eigenvalue weighted by molar-refractivity contribution is 7.10. The van der Waals surface area contributed by atoms with Gasteiger partial charge in [0.2, 0.25) is 0 Å². The van der Waals surface area contributed by atoms with Gasteiger partial charge in [0.1, 0.15) is 0 Å². The van der Waals surface area contributed by atoms with E-state index in [1.807, 2.05) is 25.1 Å². The first-order chi connectivity index (χ1) is 10.2. The van der Waals surface area contributed by atoms with E-state index in [4.69, 9.17) is 4.74 Å². The molecule has 2 aromatic rings. The van der Waals surface area contributed by atoms with E-state index in [0.29, 0.717) is 11.5 Å². The average Bonchev–Trinajstić information content (AvgIpc) is 3.19. The number of anilines is 1. The van der Waals surface area contributed by atoms with Crippen molar-refractivity contribution in [2.24, 2.45) is 5.92 Å². The molecule has 3 nitrogen and oxygen atoms in total. The van der Waals surface area contributed by atoms with Gasteiger partial charge in [0, 0.05) is 10.6 Å². The number of methoxy groups -OCH3 is 1. The molecule has 3 rings (SSSR count). The maximum absolute atomic E-state index is 12.0. The van der Waals surface area contributed by atoms with Crippen molar-refractivity contribution >= 4 is 23.0 Å². The van der Waals surface area contributed by atoms with Crippen LogP contribution in [0.5, 0.6) is 0 Å². The fraction of sp³-hybridized carbons (Fsp3) is 0.353. The smallest absolute Gasteiger partial charge is 0.339 e. The van der Waals surface area contributed by atoms with Crippen LogP contribution in [0.2, 0.25) is 0 Å². The molecule has 1 atom stereocenters. The molecule has 1 heterocycles. The van der Waals surface area contributed by atoms with Crippen LogP contribution in [-0.4, -0.2) is 13.1 Å². The molecule has 1 unspecified atom stereocenters. The minimum Gasteiger partial charge on any atom is -0.465 e. The summed E-state index contributed by atoms with van der Waals surface area (Å²) < 4.78 is 4.90. The van der Waals surface area contributed by atoms with Gasteiger partial charge in [-0.3, -0.25) is 0 Å². The molecule has 1 N–H and O–H groups in total. The Labute approximate surface area is 129 Å². The zero-order chi connectivity index (χ0) is 14.8. The summed E-state index contributed by atoms with van der Waals surface area (Å²) >= 11 is 1.76. The van der Waals surface area contributed by atoms with Crippen molar-refractivity contribution < 1.29 is 9.53 Å². The summed E-state index contributed by atoms with van der Waals surface area (Å²) in [5.74, 6) is 0.373. The number of aryl methyl sites for hydroxylation is 1. The zero-order valence-corrected chi connectivity index (χ0v) is 13.1. The lowest BCUT2D eigenvalue weighted by Crippen LogP contribution is -2.15. The van der Waals surface area contributed by atoms with Crippen LogP contribution >= 0.6 is 11.3 Å². The maximum Gasteiger partial charge on any atom is 0.339 e. The van der Waals surface area contributed by atoms with E-state index < -0.39 is 0 Å². The fourth-order valence-electron chi connectivity index (χ4n) is 2.55. The van der Waals surface area contributed by atoms with Crippen molar-refractivity contribution in [3.8, 4) is 0 Å². The predicted octanol–water partition coefficient (Wildman–Crippen LogP) is 4.41. The number of hydrogen-bond acceptors (Lipinski definition) is 4. The number of rotatable bonds is 5. The first-order valence-electron chi connectivity index (χ1n) is 7.18. The average molecular weight is 301 g/mol. The van der Waals surface area contributed by atoms with Crippen LogP contribution in [0, 0.1) is 12.8 Å². The highest BCUT2D eigenvalue weighted by Gasteiger charge is 2.33. The molecule has 0 radical (unpaired) electrons. The first kappa shape index (κ1) is 14.1. The molecular formula is C17H19NO2S. The molecule has 1 aliphatic carbocycles. The van der Waals surface area contributed by atoms with E-state index >= 15 is 0 Å². The molecule has 0 saturated heterocycles. The second kappa shape index (κ2) is 5.90. The van der Waals surface area contributed by atoms with Gasteiger partial charge in [-0.2, -0.15) is 0 Å². The lowest BCUT2D eigenvalue weighted by Gasteiger charge is -2.20. The minimum atomic E-state index is -0.290. The normalized spacial score (nSPS) is 15.5. The van der Waals surface area contributed by atoms with Gasteiger partial charge in [0.25, 0.3) is 0 Å². The molecule has 1 aromatic carbocycles. The first-order valence-corrected chi connectivity index (χ1v) is 8.06. The van der Waals surface area contributed by atoms with E-state index in [0.717, 1.165) is 11.3 Å². The molecule has 1 saturated carbocycles. The molecule has 0 aliphatic heterocycles. The Morgan fingerprint density at radius 3 is 2.81 bits per heavy atom. The van der Waals surface area contributed by atoms with Crippen LogP contribution in [0.4, 0.5) is 5.69 Å². The highest BCUT2D eigenvalue weighted by atomic mass is 32.1. The summed E-state index contributed by atoms with van der Waals surface area (Å²) in [6.07, 6.45) is 2.49. The van der Waals surface area contributed by atoms with Crippen LogP contribution in [0.25, 0.3) is 0 Å². The summed E-state index contributed by atoms with van der Waals surface area (Å²) in [4.78, 5) is 13.3. The Balaban J connectivity index is 1.91. The topological polar surface area (TPSA) is 38.3 Å². The molecule has 0 bridgehead atoms. The van der Waals surface area contributed by atoms with Gasteiger partial charge in [-0.1, -0.05) is 17.7 Å². The second-order valence-corrected chi connectivity index (χ2v) is 6.49. The van der Waals surface area contributed by atoms with Gasteiger partial charge in [-0.15, -0.1) is 11.3 Å². The molecule has 0 amide bonds. The number of carbonyl (C=O) groups is 1. The van der Waals surface area contributed by atoms with Crippen molar-refractivity contribution in [3.63, 3.8) is 0 Å². The molecule has 1 aliphatic rings. The highest BCUT2D eigenvalue weighted by Crippen LogP contribution is 2.44. The Morgan fingerprint density at radius 2 is 2.19 bits per heavy atom. The van der Waals surface area contributed by atoms with Crippen molar-refractivity contribution in [3.05, 3.63) is 51.7 Å². The van der Waals surface area contributed by atoms with E-state index in [9.17, 15) is 4.79 Å². The number of esters is 1. The summed E-state index contributed by atoms with van der Waals surface area (Å²) in [5, 5.41) is 5.66. The number of thiophene rings is 1. The summed E-state index contributed by atoms with van der Waals surface area (Å²) in [6.45, 7) is 1.98. The standard InChI is InChI=1S/C17H19NO2S/c1-11-5-8-14(13(10-11)17(19)20-2)18-16(12-6-7-12)15-4-3-9-21-15/h3-5,8-10,12,16,18H,6-7H2,1-2H3. The number of carbonyl (C=O) groups excluding carboxylic acids is 1. The fourth-order valence-corrected chi connectivity index (χ4v) is 3.42. The van der Waals surface area contributed by atoms with Crippen LogP contribution in [0.15, 0.2) is 35.7 Å². The van der Waals surface area contributed by atoms with E-state index in [1.165, 1.54) is 24.8 Å². The Kier molecular flexibility index (Phi) is 3.97. The SMILES string of the molecule is COC(=O)c1cc(C)ccc1NC(c1cccs1)C1CC1. The third-order valence-electron chi connectivity index (χ3n) is 3.83. The summed E-state index contributed by atoms with van der Waals surface area (Å²) in [6, 6.07) is 10.4. The van der Waals surface area contributed by atoms with Gasteiger partial charge >= 0.3 is 5.97 Å². The van der Waals surface area contributed by atoms with Crippen LogP contribution in [0.1, 0.15) is 39.7 Å². The minimum absolute atomic E-state index is 0.288. The molecule has 0 spiro atoms. The molecule has 1 fully saturated rings. The van der Waals surface area contributed by atoms with Crippen molar-refractivity contribution in [1.82, 2.24) is 0 Å². The number of hydrogen-bond donors (Lipinski definition) is 1. The van der Waals surface area contributed by atoms with Crippen LogP contribution in [-0.2, 0) is 4.74 Å². The second-order valence-electron chi connectivity index (χ2n) is 5.52. The summed E-state index contributed by atoms with van der Waals surface area (Å²) in [5.41, 5.74) is 2.53. The van der Waals surface area contributed by atoms with E-state index in [-0.39, 0.29) is 12.0 Å². The molecule has 110 valence electrons. The quantitative estimate of drug-likeness (QED) is 0.832. The lowest BCUT2D eigenvalue weighted by molar-refractivity contribution is 0.0601. The predicted molar refractivity (Wildman–Crippen MR) is 85.9 cm³/mol. The Morgan fingerprint density at radius 1 is 1.38 bits per heavy atom. The third-order valence-corrected chi connectivity index (χ3v) is 4.79. The van der Waals surface area contributed by atoms with Crippen LogP contribution < -0.4 is 5.32 Å². The molecule has 1 aromatic heterocycles. The van der Waals surface area contributed by atoms with Gasteiger partial charge in [-0.05, 0) is 49.3 Å². The van der Waals surface area contributed by atoms with E-state index in [2.05, 4.69) is 22.8 Å². The Bertz CT molecular complexity index is 632. The number of ether oxygens (including phenoxy) is 1. The molecule has 21 heavy (non-hydrogen) atoms. The van der Waals surface area contributed by atoms with Crippen molar-refractivity contribution in [2.75, 3.05) is 12.4 Å². The molecule has 4 heteroatoms. The third kappa shape index (κ3) is 3.10. The number of benzene rings is 1. The number of nitrogens with one attached hydrogen (secondary N) is 1. The van der Waals surface area contributed by atoms with Crippen molar-refractivity contribution in [2.45, 2.75) is 25.8 Å². The Hall–Kier alpha value is -1.81. The van der Waals surface area contributed by atoms with Crippen molar-refractivity contribution in [1.29, 1.82) is 0 Å². The monoisotopic (exact) mass is 301 g/mol. The summed E-state index contributed by atoms with van der Waals surface area (Å²) in [7, 11) is 1.42. The zero-order valence-electron chi connectivity index (χ0n) is 12.3. The van der Waals surface area contributed by atoms with E-state index in [1.54, 1.807) is 11.3 Å². The van der Waals surface area contributed by atoms with Crippen LogP contribution in [0.3, 0.4) is 0 Å². The molecular weight excluding hydrogens is 282 g/mol. The van der Waals surface area contributed by atoms with Gasteiger partial charge in [0.15, 0.2) is 0 Å². The maximum atomic E-state index is 12.0. The lowest BCUT2D eigenvalue weighted by atomic mass is 10.1. The van der Waals surface area contributed by atoms with Gasteiger partial charge in [-0.25, -0.2) is 4.79 Å². The largest absolute Gasteiger partial charge is 0.465 e. The van der Waals surface area contributed by atoms with Gasteiger partial charge < -0.3 is 10.1 Å². The van der Waals surface area contributed by atoms with Gasteiger partial charge in [0.05, 0.1) is 18.7 Å².